The topological polar surface area (TPSA) is 108 Å². The summed E-state index contributed by atoms with van der Waals surface area (Å²) in [6.45, 7) is 14.6. The molecule has 3 heterocycles. The molecule has 0 aliphatic carbocycles. The van der Waals surface area contributed by atoms with Gasteiger partial charge in [-0.05, 0) is 51.4 Å². The van der Waals surface area contributed by atoms with Gasteiger partial charge in [0.25, 0.3) is 0 Å². The highest BCUT2D eigenvalue weighted by molar-refractivity contribution is 5.99. The van der Waals surface area contributed by atoms with Crippen molar-refractivity contribution in [1.29, 1.82) is 0 Å². The maximum absolute atomic E-state index is 13.8. The normalized spacial score (nSPS) is 33.4. The molecule has 0 aromatic rings. The zero-order chi connectivity index (χ0) is 24.8. The van der Waals surface area contributed by atoms with Gasteiger partial charge in [0.05, 0.1) is 24.0 Å². The minimum absolute atomic E-state index is 0.00489. The SMILES string of the molecule is CCCNC(=O)[C@@H]1[C@H]2C(=O)N(CCO)C(C(=O)NC(C)(C)CC(C)(C)C)C23CC[C@@]1(CC)O3. The smallest absolute Gasteiger partial charge is 0.246 e. The molecule has 0 aromatic carbocycles. The molecule has 0 saturated carbocycles. The number of fused-ring (bicyclic) bond motifs is 1. The number of hydrogen-bond acceptors (Lipinski definition) is 5. The fourth-order valence-corrected chi connectivity index (χ4v) is 6.89. The summed E-state index contributed by atoms with van der Waals surface area (Å²) in [5, 5.41) is 15.8. The quantitative estimate of drug-likeness (QED) is 0.483. The lowest BCUT2D eigenvalue weighted by Crippen LogP contribution is -2.59. The number of carbonyl (C=O) groups excluding carboxylic acids is 3. The molecule has 3 rings (SSSR count). The number of ether oxygens (including phenoxy) is 1. The molecule has 3 saturated heterocycles. The number of aliphatic hydroxyl groups excluding tert-OH is 1. The molecule has 0 aromatic heterocycles. The van der Waals surface area contributed by atoms with E-state index in [4.69, 9.17) is 4.74 Å². The van der Waals surface area contributed by atoms with E-state index in [0.717, 1.165) is 12.8 Å². The number of hydrogen-bond donors (Lipinski definition) is 3. The van der Waals surface area contributed by atoms with E-state index >= 15 is 0 Å². The lowest BCUT2D eigenvalue weighted by molar-refractivity contribution is -0.148. The van der Waals surface area contributed by atoms with Gasteiger partial charge in [-0.15, -0.1) is 0 Å². The van der Waals surface area contributed by atoms with Crippen LogP contribution < -0.4 is 10.6 Å². The Labute approximate surface area is 198 Å². The molecule has 2 bridgehead atoms. The van der Waals surface area contributed by atoms with Crippen LogP contribution in [0.2, 0.25) is 0 Å². The molecule has 33 heavy (non-hydrogen) atoms. The van der Waals surface area contributed by atoms with Gasteiger partial charge in [0.1, 0.15) is 11.6 Å². The molecule has 0 radical (unpaired) electrons. The van der Waals surface area contributed by atoms with Crippen LogP contribution in [0.15, 0.2) is 0 Å². The summed E-state index contributed by atoms with van der Waals surface area (Å²) in [7, 11) is 0. The predicted molar refractivity (Wildman–Crippen MR) is 125 cm³/mol. The lowest BCUT2D eigenvalue weighted by Gasteiger charge is -2.38. The number of carbonyl (C=O) groups is 3. The molecule has 3 N–H and O–H groups in total. The van der Waals surface area contributed by atoms with Crippen LogP contribution in [0, 0.1) is 17.3 Å². The van der Waals surface area contributed by atoms with Crippen LogP contribution in [0.1, 0.15) is 80.6 Å². The number of likely N-dealkylation sites (tertiary alicyclic amines) is 1. The molecule has 2 unspecified atom stereocenters. The lowest BCUT2D eigenvalue weighted by atomic mass is 9.65. The van der Waals surface area contributed by atoms with Crippen LogP contribution >= 0.6 is 0 Å². The van der Waals surface area contributed by atoms with E-state index in [0.29, 0.717) is 25.8 Å². The van der Waals surface area contributed by atoms with Crippen LogP contribution in [0.25, 0.3) is 0 Å². The van der Waals surface area contributed by atoms with Crippen molar-refractivity contribution in [2.75, 3.05) is 19.7 Å². The van der Waals surface area contributed by atoms with Gasteiger partial charge in [0, 0.05) is 18.6 Å². The summed E-state index contributed by atoms with van der Waals surface area (Å²) in [4.78, 5) is 42.2. The Balaban J connectivity index is 1.99. The van der Waals surface area contributed by atoms with Crippen molar-refractivity contribution in [3.8, 4) is 0 Å². The Hall–Kier alpha value is -1.67. The van der Waals surface area contributed by atoms with Crippen molar-refractivity contribution in [3.63, 3.8) is 0 Å². The van der Waals surface area contributed by atoms with E-state index in [1.165, 1.54) is 4.90 Å². The van der Waals surface area contributed by atoms with Crippen molar-refractivity contribution in [1.82, 2.24) is 15.5 Å². The largest absolute Gasteiger partial charge is 0.395 e. The Morgan fingerprint density at radius 3 is 2.36 bits per heavy atom. The molecule has 3 aliphatic rings. The first-order valence-corrected chi connectivity index (χ1v) is 12.5. The molecular weight excluding hydrogens is 422 g/mol. The first kappa shape index (κ1) is 25.9. The Bertz CT molecular complexity index is 791. The maximum atomic E-state index is 13.8. The van der Waals surface area contributed by atoms with Crippen molar-refractivity contribution in [2.24, 2.45) is 17.3 Å². The molecule has 3 aliphatic heterocycles. The highest BCUT2D eigenvalue weighted by Crippen LogP contribution is 2.64. The average molecular weight is 466 g/mol. The maximum Gasteiger partial charge on any atom is 0.246 e. The minimum atomic E-state index is -1.04. The van der Waals surface area contributed by atoms with Crippen molar-refractivity contribution >= 4 is 17.7 Å². The standard InChI is InChI=1S/C25H43N3O5/c1-8-12-26-19(30)16-17-21(32)28(13-14-29)18(25(17)11-10-24(16,9-2)33-25)20(31)27-23(6,7)15-22(3,4)5/h16-18,29H,8-15H2,1-7H3,(H,26,30)(H,27,31)/t16-,17-,18?,24+,25?/m0/s1. The molecule has 1 spiro atoms. The van der Waals surface area contributed by atoms with Crippen LogP contribution in [0.4, 0.5) is 0 Å². The van der Waals surface area contributed by atoms with Gasteiger partial charge in [-0.1, -0.05) is 34.6 Å². The third-order valence-electron chi connectivity index (χ3n) is 7.54. The molecule has 8 nitrogen and oxygen atoms in total. The Morgan fingerprint density at radius 1 is 1.15 bits per heavy atom. The van der Waals surface area contributed by atoms with E-state index in [1.54, 1.807) is 0 Å². The summed E-state index contributed by atoms with van der Waals surface area (Å²) in [5.74, 6) is -2.04. The fourth-order valence-electron chi connectivity index (χ4n) is 6.89. The number of nitrogens with one attached hydrogen (secondary N) is 2. The summed E-state index contributed by atoms with van der Waals surface area (Å²) < 4.78 is 6.66. The van der Waals surface area contributed by atoms with Gasteiger partial charge >= 0.3 is 0 Å². The molecule has 5 atom stereocenters. The zero-order valence-electron chi connectivity index (χ0n) is 21.4. The fraction of sp³-hybridized carbons (Fsp3) is 0.880. The van der Waals surface area contributed by atoms with E-state index in [1.807, 2.05) is 27.7 Å². The first-order valence-electron chi connectivity index (χ1n) is 12.5. The third kappa shape index (κ3) is 4.41. The number of amides is 3. The second-order valence-electron chi connectivity index (χ2n) is 12.0. The summed E-state index contributed by atoms with van der Waals surface area (Å²) in [6.07, 6.45) is 3.35. The first-order chi connectivity index (χ1) is 15.3. The minimum Gasteiger partial charge on any atom is -0.395 e. The van der Waals surface area contributed by atoms with Gasteiger partial charge < -0.3 is 25.4 Å². The summed E-state index contributed by atoms with van der Waals surface area (Å²) >= 11 is 0. The summed E-state index contributed by atoms with van der Waals surface area (Å²) in [5.41, 5.74) is -2.26. The monoisotopic (exact) mass is 465 g/mol. The Kier molecular flexibility index (Phi) is 6.95. The van der Waals surface area contributed by atoms with Crippen LogP contribution in [-0.2, 0) is 19.1 Å². The molecule has 8 heteroatoms. The third-order valence-corrected chi connectivity index (χ3v) is 7.54. The highest BCUT2D eigenvalue weighted by atomic mass is 16.5. The van der Waals surface area contributed by atoms with Gasteiger partial charge in [-0.25, -0.2) is 0 Å². The van der Waals surface area contributed by atoms with E-state index in [-0.39, 0.29) is 36.3 Å². The van der Waals surface area contributed by atoms with Crippen LogP contribution in [0.5, 0.6) is 0 Å². The molecular formula is C25H43N3O5. The van der Waals surface area contributed by atoms with Crippen molar-refractivity contribution < 1.29 is 24.2 Å². The second-order valence-corrected chi connectivity index (χ2v) is 12.0. The van der Waals surface area contributed by atoms with Crippen LogP contribution in [-0.4, -0.2) is 70.2 Å². The van der Waals surface area contributed by atoms with E-state index in [9.17, 15) is 19.5 Å². The zero-order valence-corrected chi connectivity index (χ0v) is 21.4. The molecule has 3 fully saturated rings. The number of β-amino-alcohol motifs (C(OH)–C–C–N with tert-alkyl or cyclic N) is 1. The summed E-state index contributed by atoms with van der Waals surface area (Å²) in [6, 6.07) is -0.862. The van der Waals surface area contributed by atoms with Gasteiger partial charge in [0.2, 0.25) is 17.7 Å². The number of nitrogens with zero attached hydrogens (tertiary/aromatic N) is 1. The molecule has 188 valence electrons. The van der Waals surface area contributed by atoms with E-state index < -0.39 is 34.6 Å². The Morgan fingerprint density at radius 2 is 1.82 bits per heavy atom. The van der Waals surface area contributed by atoms with E-state index in [2.05, 4.69) is 31.4 Å². The van der Waals surface area contributed by atoms with Crippen LogP contribution in [0.3, 0.4) is 0 Å². The number of aliphatic hydroxyl groups is 1. The predicted octanol–water partition coefficient (Wildman–Crippen LogP) is 1.99. The average Bonchev–Trinajstić information content (AvgIpc) is 3.28. The van der Waals surface area contributed by atoms with Gasteiger partial charge in [-0.3, -0.25) is 14.4 Å². The second kappa shape index (κ2) is 8.84. The molecule has 3 amide bonds. The van der Waals surface area contributed by atoms with Crippen molar-refractivity contribution in [3.05, 3.63) is 0 Å². The van der Waals surface area contributed by atoms with Gasteiger partial charge in [0.15, 0.2) is 0 Å². The number of rotatable bonds is 9. The van der Waals surface area contributed by atoms with Gasteiger partial charge in [-0.2, -0.15) is 0 Å². The highest BCUT2D eigenvalue weighted by Gasteiger charge is 2.78. The van der Waals surface area contributed by atoms with Crippen molar-refractivity contribution in [2.45, 2.75) is 103 Å².